The molecule has 0 radical (unpaired) electrons. The zero-order valence-electron chi connectivity index (χ0n) is 19.4. The molecule has 0 aliphatic heterocycles. The second-order valence-corrected chi connectivity index (χ2v) is 8.15. The lowest BCUT2D eigenvalue weighted by atomic mass is 9.98. The molecule has 3 aromatic carbocycles. The van der Waals surface area contributed by atoms with Crippen molar-refractivity contribution in [3.8, 4) is 11.5 Å². The van der Waals surface area contributed by atoms with Crippen molar-refractivity contribution < 1.29 is 14.3 Å². The first-order valence-corrected chi connectivity index (χ1v) is 11.4. The van der Waals surface area contributed by atoms with Crippen molar-refractivity contribution in [1.29, 1.82) is 0 Å². The first kappa shape index (κ1) is 23.4. The lowest BCUT2D eigenvalue weighted by Crippen LogP contribution is -2.28. The summed E-state index contributed by atoms with van der Waals surface area (Å²) in [5, 5.41) is 3.16. The van der Waals surface area contributed by atoms with Crippen molar-refractivity contribution in [1.82, 2.24) is 5.32 Å². The molecule has 0 spiro atoms. The molecule has 0 saturated carbocycles. The summed E-state index contributed by atoms with van der Waals surface area (Å²) in [6.07, 6.45) is 0.834. The van der Waals surface area contributed by atoms with Crippen molar-refractivity contribution in [3.63, 3.8) is 0 Å². The number of benzene rings is 3. The molecule has 0 saturated heterocycles. The van der Waals surface area contributed by atoms with Gasteiger partial charge in [-0.25, -0.2) is 0 Å². The molecule has 168 valence electrons. The van der Waals surface area contributed by atoms with E-state index >= 15 is 0 Å². The van der Waals surface area contributed by atoms with E-state index in [1.54, 1.807) is 0 Å². The predicted molar refractivity (Wildman–Crippen MR) is 129 cm³/mol. The molecule has 1 amide bonds. The number of rotatable bonds is 10. The maximum absolute atomic E-state index is 12.8. The van der Waals surface area contributed by atoms with Crippen LogP contribution >= 0.6 is 0 Å². The van der Waals surface area contributed by atoms with Gasteiger partial charge in [0.25, 0.3) is 5.91 Å². The maximum atomic E-state index is 12.8. The predicted octanol–water partition coefficient (Wildman–Crippen LogP) is 6.67. The SMILES string of the molecule is CCOc1ccc(OCc2ccc(C(=O)N[C@@H](CC)c3ccc(C(C)C)cc3)cc2)cc1. The van der Waals surface area contributed by atoms with Gasteiger partial charge in [0.2, 0.25) is 0 Å². The van der Waals surface area contributed by atoms with Crippen LogP contribution in [0.25, 0.3) is 0 Å². The van der Waals surface area contributed by atoms with Crippen LogP contribution in [0.1, 0.15) is 73.1 Å². The molecule has 1 N–H and O–H groups in total. The Morgan fingerprint density at radius 3 is 1.88 bits per heavy atom. The van der Waals surface area contributed by atoms with Gasteiger partial charge in [-0.15, -0.1) is 0 Å². The average Bonchev–Trinajstić information content (AvgIpc) is 2.82. The number of nitrogens with one attached hydrogen (secondary N) is 1. The highest BCUT2D eigenvalue weighted by atomic mass is 16.5. The zero-order valence-corrected chi connectivity index (χ0v) is 19.4. The van der Waals surface area contributed by atoms with Crippen LogP contribution in [0.4, 0.5) is 0 Å². The van der Waals surface area contributed by atoms with Crippen LogP contribution in [-0.4, -0.2) is 12.5 Å². The summed E-state index contributed by atoms with van der Waals surface area (Å²) in [7, 11) is 0. The quantitative estimate of drug-likeness (QED) is 0.390. The third kappa shape index (κ3) is 6.36. The van der Waals surface area contributed by atoms with E-state index in [1.165, 1.54) is 5.56 Å². The fraction of sp³-hybridized carbons (Fsp3) is 0.321. The summed E-state index contributed by atoms with van der Waals surface area (Å²) in [4.78, 5) is 12.8. The van der Waals surface area contributed by atoms with Gasteiger partial charge in [-0.2, -0.15) is 0 Å². The van der Waals surface area contributed by atoms with E-state index in [0.717, 1.165) is 29.0 Å². The minimum Gasteiger partial charge on any atom is -0.494 e. The van der Waals surface area contributed by atoms with Crippen molar-refractivity contribution in [2.75, 3.05) is 6.61 Å². The minimum absolute atomic E-state index is 0.00798. The smallest absolute Gasteiger partial charge is 0.251 e. The van der Waals surface area contributed by atoms with E-state index in [1.807, 2.05) is 55.5 Å². The van der Waals surface area contributed by atoms with Crippen LogP contribution in [0.2, 0.25) is 0 Å². The van der Waals surface area contributed by atoms with Crippen LogP contribution in [0.3, 0.4) is 0 Å². The molecule has 0 aliphatic rings. The normalized spacial score (nSPS) is 11.8. The molecular weight excluding hydrogens is 398 g/mol. The molecule has 0 bridgehead atoms. The number of carbonyl (C=O) groups excluding carboxylic acids is 1. The van der Waals surface area contributed by atoms with E-state index < -0.39 is 0 Å². The van der Waals surface area contributed by atoms with Gasteiger partial charge in [-0.3, -0.25) is 4.79 Å². The van der Waals surface area contributed by atoms with E-state index in [9.17, 15) is 4.79 Å². The van der Waals surface area contributed by atoms with Gasteiger partial charge in [-0.1, -0.05) is 57.2 Å². The fourth-order valence-corrected chi connectivity index (χ4v) is 3.49. The first-order valence-electron chi connectivity index (χ1n) is 11.4. The Morgan fingerprint density at radius 2 is 1.34 bits per heavy atom. The Hall–Kier alpha value is -3.27. The second-order valence-electron chi connectivity index (χ2n) is 8.15. The van der Waals surface area contributed by atoms with Crippen LogP contribution in [0.5, 0.6) is 11.5 Å². The summed E-state index contributed by atoms with van der Waals surface area (Å²) >= 11 is 0. The van der Waals surface area contributed by atoms with Crippen LogP contribution in [0, 0.1) is 0 Å². The summed E-state index contributed by atoms with van der Waals surface area (Å²) in [5.41, 5.74) is 4.09. The molecule has 3 aromatic rings. The first-order chi connectivity index (χ1) is 15.5. The number of amides is 1. The molecule has 1 atom stereocenters. The number of ether oxygens (including phenoxy) is 2. The maximum Gasteiger partial charge on any atom is 0.251 e. The Kier molecular flexibility index (Phi) is 8.32. The van der Waals surface area contributed by atoms with E-state index in [2.05, 4.69) is 50.4 Å². The summed E-state index contributed by atoms with van der Waals surface area (Å²) in [6.45, 7) is 9.49. The zero-order chi connectivity index (χ0) is 22.9. The fourth-order valence-electron chi connectivity index (χ4n) is 3.49. The van der Waals surface area contributed by atoms with E-state index in [0.29, 0.717) is 24.7 Å². The minimum atomic E-state index is -0.0660. The average molecular weight is 432 g/mol. The van der Waals surface area contributed by atoms with Gasteiger partial charge >= 0.3 is 0 Å². The van der Waals surface area contributed by atoms with Crippen molar-refractivity contribution >= 4 is 5.91 Å². The van der Waals surface area contributed by atoms with Crippen molar-refractivity contribution in [2.45, 2.75) is 52.7 Å². The Labute approximate surface area is 191 Å². The van der Waals surface area contributed by atoms with Gasteiger partial charge in [0.05, 0.1) is 12.6 Å². The summed E-state index contributed by atoms with van der Waals surface area (Å²) in [5.74, 6) is 2.04. The Morgan fingerprint density at radius 1 is 0.781 bits per heavy atom. The van der Waals surface area contributed by atoms with Crippen LogP contribution in [-0.2, 0) is 6.61 Å². The molecule has 4 heteroatoms. The molecule has 0 unspecified atom stereocenters. The van der Waals surface area contributed by atoms with E-state index in [-0.39, 0.29) is 11.9 Å². The van der Waals surface area contributed by atoms with E-state index in [4.69, 9.17) is 9.47 Å². The second kappa shape index (κ2) is 11.4. The van der Waals surface area contributed by atoms with Crippen molar-refractivity contribution in [3.05, 3.63) is 95.1 Å². The molecular formula is C28H33NO3. The third-order valence-corrected chi connectivity index (χ3v) is 5.48. The topological polar surface area (TPSA) is 47.6 Å². The van der Waals surface area contributed by atoms with Gasteiger partial charge < -0.3 is 14.8 Å². The number of hydrogen-bond donors (Lipinski definition) is 1. The van der Waals surface area contributed by atoms with Gasteiger partial charge in [0, 0.05) is 5.56 Å². The lowest BCUT2D eigenvalue weighted by molar-refractivity contribution is 0.0935. The molecule has 0 aromatic heterocycles. The summed E-state index contributed by atoms with van der Waals surface area (Å²) < 4.78 is 11.3. The monoisotopic (exact) mass is 431 g/mol. The van der Waals surface area contributed by atoms with Gasteiger partial charge in [0.1, 0.15) is 18.1 Å². The van der Waals surface area contributed by atoms with Crippen molar-refractivity contribution in [2.24, 2.45) is 0 Å². The highest BCUT2D eigenvalue weighted by Gasteiger charge is 2.14. The molecule has 0 aliphatic carbocycles. The molecule has 3 rings (SSSR count). The van der Waals surface area contributed by atoms with Gasteiger partial charge in [-0.05, 0) is 72.4 Å². The molecule has 32 heavy (non-hydrogen) atoms. The lowest BCUT2D eigenvalue weighted by Gasteiger charge is -2.18. The Bertz CT molecular complexity index is 977. The number of carbonyl (C=O) groups is 1. The summed E-state index contributed by atoms with van der Waals surface area (Å²) in [6, 6.07) is 23.7. The van der Waals surface area contributed by atoms with Crippen LogP contribution in [0.15, 0.2) is 72.8 Å². The molecule has 0 fully saturated rings. The van der Waals surface area contributed by atoms with Gasteiger partial charge in [0.15, 0.2) is 0 Å². The third-order valence-electron chi connectivity index (χ3n) is 5.48. The number of hydrogen-bond acceptors (Lipinski definition) is 3. The standard InChI is InChI=1S/C28H33NO3/c1-5-27(23-13-11-22(12-14-23)20(3)4)29-28(30)24-9-7-21(8-10-24)19-32-26-17-15-25(16-18-26)31-6-2/h7-18,20,27H,5-6,19H2,1-4H3,(H,29,30)/t27-/m0/s1. The largest absolute Gasteiger partial charge is 0.494 e. The highest BCUT2D eigenvalue weighted by Crippen LogP contribution is 2.22. The molecule has 4 nitrogen and oxygen atoms in total. The van der Waals surface area contributed by atoms with Crippen LogP contribution < -0.4 is 14.8 Å². The highest BCUT2D eigenvalue weighted by molar-refractivity contribution is 5.94. The Balaban J connectivity index is 1.56. The molecule has 0 heterocycles.